The molecule has 1 heterocycles. The number of rotatable bonds is 4. The molecule has 0 radical (unpaired) electrons. The van der Waals surface area contributed by atoms with E-state index in [0.29, 0.717) is 16.3 Å². The molecule has 0 aliphatic carbocycles. The van der Waals surface area contributed by atoms with Gasteiger partial charge in [-0.3, -0.25) is 4.79 Å². The summed E-state index contributed by atoms with van der Waals surface area (Å²) in [6.07, 6.45) is 0. The highest BCUT2D eigenvalue weighted by atomic mass is 32.1. The van der Waals surface area contributed by atoms with Crippen LogP contribution in [-0.4, -0.2) is 31.1 Å². The third kappa shape index (κ3) is 2.97. The first-order valence-corrected chi connectivity index (χ1v) is 6.85. The van der Waals surface area contributed by atoms with Crippen LogP contribution in [0.25, 0.3) is 0 Å². The summed E-state index contributed by atoms with van der Waals surface area (Å²) in [4.78, 5) is 25.1. The zero-order chi connectivity index (χ0) is 15.6. The maximum atomic E-state index is 12.4. The van der Waals surface area contributed by atoms with Gasteiger partial charge in [-0.25, -0.2) is 4.79 Å². The van der Waals surface area contributed by atoms with Crippen molar-refractivity contribution in [3.05, 3.63) is 40.1 Å². The van der Waals surface area contributed by atoms with Gasteiger partial charge in [-0.1, -0.05) is 0 Å². The lowest BCUT2D eigenvalue weighted by molar-refractivity contribution is 0.0697. The van der Waals surface area contributed by atoms with Crippen LogP contribution in [0, 0.1) is 0 Å². The van der Waals surface area contributed by atoms with Crippen molar-refractivity contribution in [3.63, 3.8) is 0 Å². The minimum Gasteiger partial charge on any atom is -0.496 e. The van der Waals surface area contributed by atoms with Gasteiger partial charge in [0.1, 0.15) is 5.75 Å². The molecular formula is C14H14N2O4S. The van der Waals surface area contributed by atoms with Gasteiger partial charge >= 0.3 is 5.97 Å². The van der Waals surface area contributed by atoms with E-state index in [0.717, 1.165) is 0 Å². The number of carboxylic acids is 1. The quantitative estimate of drug-likeness (QED) is 0.846. The first-order valence-electron chi connectivity index (χ1n) is 5.97. The monoisotopic (exact) mass is 306 g/mol. The van der Waals surface area contributed by atoms with Crippen LogP contribution in [0.5, 0.6) is 5.75 Å². The van der Waals surface area contributed by atoms with Gasteiger partial charge in [0.05, 0.1) is 28.9 Å². The van der Waals surface area contributed by atoms with Crippen molar-refractivity contribution < 1.29 is 19.4 Å². The Kier molecular flexibility index (Phi) is 4.13. The summed E-state index contributed by atoms with van der Waals surface area (Å²) < 4.78 is 5.05. The zero-order valence-electron chi connectivity index (χ0n) is 11.5. The third-order valence-corrected chi connectivity index (χ3v) is 3.86. The molecule has 0 fully saturated rings. The van der Waals surface area contributed by atoms with Crippen molar-refractivity contribution in [2.45, 2.75) is 0 Å². The van der Waals surface area contributed by atoms with Crippen LogP contribution >= 0.6 is 11.3 Å². The molecule has 21 heavy (non-hydrogen) atoms. The molecule has 1 aromatic carbocycles. The number of carboxylic acid groups (broad SMARTS) is 1. The largest absolute Gasteiger partial charge is 0.496 e. The van der Waals surface area contributed by atoms with E-state index in [1.807, 2.05) is 0 Å². The van der Waals surface area contributed by atoms with Crippen molar-refractivity contribution in [1.29, 1.82) is 0 Å². The molecule has 0 aliphatic heterocycles. The molecule has 0 spiro atoms. The van der Waals surface area contributed by atoms with E-state index < -0.39 is 5.97 Å². The molecule has 2 aromatic rings. The normalized spacial score (nSPS) is 10.2. The summed E-state index contributed by atoms with van der Waals surface area (Å²) in [5.41, 5.74) is 6.59. The van der Waals surface area contributed by atoms with E-state index in [-0.39, 0.29) is 17.2 Å². The van der Waals surface area contributed by atoms with E-state index in [2.05, 4.69) is 0 Å². The number of ether oxygens (including phenoxy) is 1. The number of nitrogen functional groups attached to an aromatic ring is 1. The number of anilines is 2. The molecular weight excluding hydrogens is 292 g/mol. The predicted octanol–water partition coefficient (Wildman–Crippen LogP) is 2.31. The van der Waals surface area contributed by atoms with Crippen LogP contribution in [0.2, 0.25) is 0 Å². The summed E-state index contributed by atoms with van der Waals surface area (Å²) in [5.74, 6) is -0.686. The Morgan fingerprint density at radius 2 is 2.05 bits per heavy atom. The maximum absolute atomic E-state index is 12.4. The molecule has 7 heteroatoms. The Morgan fingerprint density at radius 1 is 1.33 bits per heavy atom. The van der Waals surface area contributed by atoms with Gasteiger partial charge < -0.3 is 20.5 Å². The van der Waals surface area contributed by atoms with E-state index in [4.69, 9.17) is 15.6 Å². The van der Waals surface area contributed by atoms with Gasteiger partial charge in [-0.2, -0.15) is 0 Å². The molecule has 1 amide bonds. The lowest BCUT2D eigenvalue weighted by Gasteiger charge is -2.18. The highest BCUT2D eigenvalue weighted by molar-refractivity contribution is 7.12. The van der Waals surface area contributed by atoms with Crippen LogP contribution in [0.15, 0.2) is 29.6 Å². The SMILES string of the molecule is COc1csc(C(=O)N(C)c2ccc(C(=O)O)cc2N)c1. The minimum atomic E-state index is -1.06. The van der Waals surface area contributed by atoms with Crippen LogP contribution in [0.1, 0.15) is 20.0 Å². The Morgan fingerprint density at radius 3 is 2.57 bits per heavy atom. The smallest absolute Gasteiger partial charge is 0.335 e. The number of nitrogens with two attached hydrogens (primary N) is 1. The van der Waals surface area contributed by atoms with Gasteiger partial charge in [0.25, 0.3) is 5.91 Å². The number of hydrogen-bond donors (Lipinski definition) is 2. The van der Waals surface area contributed by atoms with Gasteiger partial charge in [-0.05, 0) is 18.2 Å². The second kappa shape index (κ2) is 5.84. The predicted molar refractivity (Wildman–Crippen MR) is 81.4 cm³/mol. The van der Waals surface area contributed by atoms with Gasteiger partial charge in [0.15, 0.2) is 0 Å². The lowest BCUT2D eigenvalue weighted by atomic mass is 10.1. The molecule has 0 saturated heterocycles. The molecule has 110 valence electrons. The summed E-state index contributed by atoms with van der Waals surface area (Å²) in [6.45, 7) is 0. The van der Waals surface area contributed by atoms with Crippen molar-refractivity contribution in [2.24, 2.45) is 0 Å². The van der Waals surface area contributed by atoms with Crippen molar-refractivity contribution in [2.75, 3.05) is 24.8 Å². The Hall–Kier alpha value is -2.54. The maximum Gasteiger partial charge on any atom is 0.335 e. The molecule has 0 saturated carbocycles. The topological polar surface area (TPSA) is 92.9 Å². The fourth-order valence-corrected chi connectivity index (χ4v) is 2.64. The second-order valence-electron chi connectivity index (χ2n) is 4.29. The van der Waals surface area contributed by atoms with Gasteiger partial charge in [-0.15, -0.1) is 11.3 Å². The number of carbonyl (C=O) groups is 2. The minimum absolute atomic E-state index is 0.0786. The number of carbonyl (C=O) groups excluding carboxylic acids is 1. The van der Waals surface area contributed by atoms with E-state index in [9.17, 15) is 9.59 Å². The van der Waals surface area contributed by atoms with Gasteiger partial charge in [0.2, 0.25) is 0 Å². The summed E-state index contributed by atoms with van der Waals surface area (Å²) in [6, 6.07) is 5.90. The molecule has 6 nitrogen and oxygen atoms in total. The van der Waals surface area contributed by atoms with Gasteiger partial charge in [0, 0.05) is 18.5 Å². The average molecular weight is 306 g/mol. The Balaban J connectivity index is 2.28. The zero-order valence-corrected chi connectivity index (χ0v) is 12.3. The molecule has 3 N–H and O–H groups in total. The number of methoxy groups -OCH3 is 1. The summed E-state index contributed by atoms with van der Waals surface area (Å²) in [7, 11) is 3.11. The Bertz CT molecular complexity index is 696. The fourth-order valence-electron chi connectivity index (χ4n) is 1.81. The van der Waals surface area contributed by atoms with Crippen LogP contribution in [-0.2, 0) is 0 Å². The number of benzene rings is 1. The number of hydrogen-bond acceptors (Lipinski definition) is 5. The molecule has 1 aromatic heterocycles. The standard InChI is InChI=1S/C14H14N2O4S/c1-16(13(17)12-6-9(20-2)7-21-12)11-4-3-8(14(18)19)5-10(11)15/h3-7H,15H2,1-2H3,(H,18,19). The fraction of sp³-hybridized carbons (Fsp3) is 0.143. The number of aromatic carboxylic acids is 1. The summed E-state index contributed by atoms with van der Waals surface area (Å²) >= 11 is 1.27. The first kappa shape index (κ1) is 14.9. The lowest BCUT2D eigenvalue weighted by Crippen LogP contribution is -2.26. The molecule has 0 unspecified atom stereocenters. The molecule has 2 rings (SSSR count). The third-order valence-electron chi connectivity index (χ3n) is 2.96. The first-order chi connectivity index (χ1) is 9.93. The highest BCUT2D eigenvalue weighted by Gasteiger charge is 2.18. The number of amides is 1. The Labute approximate surface area is 125 Å². The second-order valence-corrected chi connectivity index (χ2v) is 5.20. The van der Waals surface area contributed by atoms with Crippen LogP contribution in [0.3, 0.4) is 0 Å². The van der Waals surface area contributed by atoms with Crippen molar-refractivity contribution in [1.82, 2.24) is 0 Å². The molecule has 0 aliphatic rings. The number of nitrogens with zero attached hydrogens (tertiary/aromatic N) is 1. The number of thiophene rings is 1. The van der Waals surface area contributed by atoms with Crippen molar-refractivity contribution in [3.8, 4) is 5.75 Å². The van der Waals surface area contributed by atoms with Crippen LogP contribution in [0.4, 0.5) is 11.4 Å². The molecule has 0 bridgehead atoms. The van der Waals surface area contributed by atoms with E-state index in [1.165, 1.54) is 41.5 Å². The summed E-state index contributed by atoms with van der Waals surface area (Å²) in [5, 5.41) is 10.6. The highest BCUT2D eigenvalue weighted by Crippen LogP contribution is 2.28. The van der Waals surface area contributed by atoms with Crippen molar-refractivity contribution >= 4 is 34.6 Å². The van der Waals surface area contributed by atoms with E-state index in [1.54, 1.807) is 18.5 Å². The van der Waals surface area contributed by atoms with E-state index >= 15 is 0 Å². The average Bonchev–Trinajstić information content (AvgIpc) is 2.94. The van der Waals surface area contributed by atoms with Crippen LogP contribution < -0.4 is 15.4 Å². The molecule has 0 atom stereocenters.